The van der Waals surface area contributed by atoms with Crippen molar-refractivity contribution >= 4 is 11.9 Å². The maximum absolute atomic E-state index is 11.9. The van der Waals surface area contributed by atoms with E-state index in [-0.39, 0.29) is 24.4 Å². The third kappa shape index (κ3) is 2.29. The van der Waals surface area contributed by atoms with Crippen molar-refractivity contribution in [3.8, 4) is 0 Å². The van der Waals surface area contributed by atoms with Gasteiger partial charge in [-0.3, -0.25) is 9.59 Å². The fourth-order valence-corrected chi connectivity index (χ4v) is 2.67. The SMILES string of the molecule is CC1NCCC1C(=O)NCC1(C(=O)O)CCC1. The Morgan fingerprint density at radius 2 is 2.18 bits per heavy atom. The van der Waals surface area contributed by atoms with E-state index < -0.39 is 11.4 Å². The summed E-state index contributed by atoms with van der Waals surface area (Å²) in [5.74, 6) is -0.794. The van der Waals surface area contributed by atoms with Crippen LogP contribution in [-0.2, 0) is 9.59 Å². The van der Waals surface area contributed by atoms with E-state index in [2.05, 4.69) is 10.6 Å². The zero-order chi connectivity index (χ0) is 12.5. The van der Waals surface area contributed by atoms with Crippen molar-refractivity contribution in [2.24, 2.45) is 11.3 Å². The average molecular weight is 240 g/mol. The molecule has 3 N–H and O–H groups in total. The first-order valence-electron chi connectivity index (χ1n) is 6.30. The van der Waals surface area contributed by atoms with Gasteiger partial charge in [-0.25, -0.2) is 0 Å². The van der Waals surface area contributed by atoms with Crippen molar-refractivity contribution < 1.29 is 14.7 Å². The summed E-state index contributed by atoms with van der Waals surface area (Å²) in [7, 11) is 0. The van der Waals surface area contributed by atoms with Gasteiger partial charge in [0.15, 0.2) is 0 Å². The molecule has 1 heterocycles. The second-order valence-corrected chi connectivity index (χ2v) is 5.29. The molecule has 1 aliphatic carbocycles. The molecule has 0 radical (unpaired) electrons. The lowest BCUT2D eigenvalue weighted by Gasteiger charge is -2.37. The van der Waals surface area contributed by atoms with Gasteiger partial charge in [0, 0.05) is 12.6 Å². The number of aliphatic carboxylic acids is 1. The Hall–Kier alpha value is -1.10. The summed E-state index contributed by atoms with van der Waals surface area (Å²) in [6.45, 7) is 3.14. The van der Waals surface area contributed by atoms with Crippen molar-refractivity contribution in [2.75, 3.05) is 13.1 Å². The Balaban J connectivity index is 1.85. The minimum atomic E-state index is -0.776. The van der Waals surface area contributed by atoms with E-state index in [0.29, 0.717) is 12.8 Å². The molecule has 0 bridgehead atoms. The van der Waals surface area contributed by atoms with Gasteiger partial charge in [-0.1, -0.05) is 6.42 Å². The molecule has 0 aromatic rings. The van der Waals surface area contributed by atoms with Crippen molar-refractivity contribution in [2.45, 2.75) is 38.6 Å². The second-order valence-electron chi connectivity index (χ2n) is 5.29. The van der Waals surface area contributed by atoms with Gasteiger partial charge in [-0.05, 0) is 32.7 Å². The Morgan fingerprint density at radius 3 is 2.59 bits per heavy atom. The maximum Gasteiger partial charge on any atom is 0.311 e. The second kappa shape index (κ2) is 4.64. The molecular formula is C12H20N2O3. The molecule has 1 saturated carbocycles. The zero-order valence-corrected chi connectivity index (χ0v) is 10.2. The molecule has 1 amide bonds. The fourth-order valence-electron chi connectivity index (χ4n) is 2.67. The van der Waals surface area contributed by atoms with Gasteiger partial charge >= 0.3 is 5.97 Å². The summed E-state index contributed by atoms with van der Waals surface area (Å²) in [5, 5.41) is 15.2. The highest BCUT2D eigenvalue weighted by atomic mass is 16.4. The van der Waals surface area contributed by atoms with Crippen LogP contribution in [0.15, 0.2) is 0 Å². The molecule has 96 valence electrons. The molecule has 0 aromatic carbocycles. The minimum absolute atomic E-state index is 0.00461. The van der Waals surface area contributed by atoms with Crippen molar-refractivity contribution in [1.29, 1.82) is 0 Å². The Kier molecular flexibility index (Phi) is 3.38. The zero-order valence-electron chi connectivity index (χ0n) is 10.2. The van der Waals surface area contributed by atoms with Crippen LogP contribution in [0.25, 0.3) is 0 Å². The van der Waals surface area contributed by atoms with Gasteiger partial charge in [-0.2, -0.15) is 0 Å². The van der Waals surface area contributed by atoms with Crippen LogP contribution in [0.5, 0.6) is 0 Å². The lowest BCUT2D eigenvalue weighted by molar-refractivity contribution is -0.154. The number of carbonyl (C=O) groups excluding carboxylic acids is 1. The third-order valence-electron chi connectivity index (χ3n) is 4.23. The summed E-state index contributed by atoms with van der Waals surface area (Å²) in [6, 6.07) is 0.192. The largest absolute Gasteiger partial charge is 0.481 e. The predicted octanol–water partition coefficient (Wildman–Crippen LogP) is 0.355. The van der Waals surface area contributed by atoms with Gasteiger partial charge in [0.1, 0.15) is 0 Å². The van der Waals surface area contributed by atoms with Gasteiger partial charge in [0.25, 0.3) is 0 Å². The van der Waals surface area contributed by atoms with Crippen molar-refractivity contribution in [1.82, 2.24) is 10.6 Å². The Morgan fingerprint density at radius 1 is 1.47 bits per heavy atom. The van der Waals surface area contributed by atoms with E-state index in [9.17, 15) is 9.59 Å². The molecule has 2 unspecified atom stereocenters. The molecule has 2 fully saturated rings. The fraction of sp³-hybridized carbons (Fsp3) is 0.833. The Bertz CT molecular complexity index is 326. The summed E-state index contributed by atoms with van der Waals surface area (Å²) >= 11 is 0. The molecule has 1 saturated heterocycles. The van der Waals surface area contributed by atoms with Crippen molar-refractivity contribution in [3.05, 3.63) is 0 Å². The average Bonchev–Trinajstić information content (AvgIpc) is 2.62. The van der Waals surface area contributed by atoms with Crippen LogP contribution in [-0.4, -0.2) is 36.1 Å². The number of hydrogen-bond donors (Lipinski definition) is 3. The normalized spacial score (nSPS) is 30.6. The number of carboxylic acid groups (broad SMARTS) is 1. The standard InChI is InChI=1S/C12H20N2O3/c1-8-9(3-6-13-8)10(15)14-7-12(11(16)17)4-2-5-12/h8-9,13H,2-7H2,1H3,(H,14,15)(H,16,17). The lowest BCUT2D eigenvalue weighted by Crippen LogP contribution is -2.49. The molecular weight excluding hydrogens is 220 g/mol. The highest BCUT2D eigenvalue weighted by Gasteiger charge is 2.45. The molecule has 17 heavy (non-hydrogen) atoms. The summed E-state index contributed by atoms with van der Waals surface area (Å²) in [5.41, 5.74) is -0.690. The van der Waals surface area contributed by atoms with E-state index in [1.807, 2.05) is 6.92 Å². The molecule has 0 spiro atoms. The highest BCUT2D eigenvalue weighted by Crippen LogP contribution is 2.40. The summed E-state index contributed by atoms with van der Waals surface area (Å²) in [4.78, 5) is 23.1. The molecule has 2 atom stereocenters. The van der Waals surface area contributed by atoms with E-state index in [1.54, 1.807) is 0 Å². The molecule has 5 nitrogen and oxygen atoms in total. The quantitative estimate of drug-likeness (QED) is 0.663. The van der Waals surface area contributed by atoms with Crippen LogP contribution < -0.4 is 10.6 Å². The predicted molar refractivity (Wildman–Crippen MR) is 62.5 cm³/mol. The molecule has 5 heteroatoms. The minimum Gasteiger partial charge on any atom is -0.481 e. The van der Waals surface area contributed by atoms with E-state index in [1.165, 1.54) is 0 Å². The van der Waals surface area contributed by atoms with Crippen LogP contribution in [0, 0.1) is 11.3 Å². The first-order valence-corrected chi connectivity index (χ1v) is 6.30. The van der Waals surface area contributed by atoms with Gasteiger partial charge in [0.2, 0.25) is 5.91 Å². The monoisotopic (exact) mass is 240 g/mol. The number of hydrogen-bond acceptors (Lipinski definition) is 3. The Labute approximate surface area is 101 Å². The third-order valence-corrected chi connectivity index (χ3v) is 4.23. The van der Waals surface area contributed by atoms with E-state index in [0.717, 1.165) is 19.4 Å². The first-order chi connectivity index (χ1) is 8.05. The molecule has 1 aliphatic heterocycles. The number of carbonyl (C=O) groups is 2. The van der Waals surface area contributed by atoms with E-state index in [4.69, 9.17) is 5.11 Å². The highest BCUT2D eigenvalue weighted by molar-refractivity contribution is 5.81. The molecule has 2 aliphatic rings. The number of carboxylic acids is 1. The van der Waals surface area contributed by atoms with Gasteiger partial charge in [-0.15, -0.1) is 0 Å². The van der Waals surface area contributed by atoms with Gasteiger partial charge < -0.3 is 15.7 Å². The van der Waals surface area contributed by atoms with E-state index >= 15 is 0 Å². The van der Waals surface area contributed by atoms with Gasteiger partial charge in [0.05, 0.1) is 11.3 Å². The van der Waals surface area contributed by atoms with Crippen LogP contribution in [0.2, 0.25) is 0 Å². The number of rotatable bonds is 4. The molecule has 2 rings (SSSR count). The van der Waals surface area contributed by atoms with Crippen LogP contribution >= 0.6 is 0 Å². The van der Waals surface area contributed by atoms with Crippen molar-refractivity contribution in [3.63, 3.8) is 0 Å². The van der Waals surface area contributed by atoms with Crippen LogP contribution in [0.4, 0.5) is 0 Å². The summed E-state index contributed by atoms with van der Waals surface area (Å²) < 4.78 is 0. The topological polar surface area (TPSA) is 78.4 Å². The lowest BCUT2D eigenvalue weighted by atomic mass is 9.68. The summed E-state index contributed by atoms with van der Waals surface area (Å²) in [6.07, 6.45) is 3.15. The number of nitrogens with one attached hydrogen (secondary N) is 2. The smallest absolute Gasteiger partial charge is 0.311 e. The first kappa shape index (κ1) is 12.4. The van der Waals surface area contributed by atoms with Crippen LogP contribution in [0.3, 0.4) is 0 Å². The van der Waals surface area contributed by atoms with Crippen LogP contribution in [0.1, 0.15) is 32.6 Å². The number of amides is 1. The maximum atomic E-state index is 11.9. The molecule has 0 aromatic heterocycles.